The highest BCUT2D eigenvalue weighted by molar-refractivity contribution is 5.85. The molecule has 0 aromatic heterocycles. The monoisotopic (exact) mass is 370 g/mol. The molecule has 0 heterocycles. The number of hydrogen-bond donors (Lipinski definition) is 2. The summed E-state index contributed by atoms with van der Waals surface area (Å²) in [5.41, 5.74) is 0. The molecule has 1 atom stereocenters. The minimum absolute atomic E-state index is 0. The van der Waals surface area contributed by atoms with Gasteiger partial charge in [-0.15, -0.1) is 12.4 Å². The van der Waals surface area contributed by atoms with Crippen LogP contribution >= 0.6 is 12.4 Å². The van der Waals surface area contributed by atoms with Crippen molar-refractivity contribution in [2.75, 3.05) is 26.3 Å². The van der Waals surface area contributed by atoms with Crippen molar-refractivity contribution in [2.24, 2.45) is 0 Å². The zero-order valence-electron chi connectivity index (χ0n) is 13.5. The van der Waals surface area contributed by atoms with Gasteiger partial charge < -0.3 is 20.1 Å². The molecule has 0 saturated heterocycles. The van der Waals surface area contributed by atoms with Gasteiger partial charge in [0.05, 0.1) is 0 Å². The number of amides is 1. The van der Waals surface area contributed by atoms with Crippen LogP contribution in [-0.2, 0) is 4.79 Å². The number of benzene rings is 1. The van der Waals surface area contributed by atoms with Gasteiger partial charge in [0, 0.05) is 12.6 Å². The predicted molar refractivity (Wildman–Crippen MR) is 86.9 cm³/mol. The van der Waals surface area contributed by atoms with Gasteiger partial charge >= 0.3 is 6.18 Å². The zero-order chi connectivity index (χ0) is 17.3. The normalized spacial score (nSPS) is 12.0. The standard InChI is InChI=1S/C15H21F3N2O3.ClH/c1-3-19-11(2)8-20-14(21)9-22-12-6-4-5-7-13(12)23-10-15(16,17)18;/h4-7,11,19H,3,8-10H2,1-2H3,(H,20,21);1H/t11-;/m1./s1. The van der Waals surface area contributed by atoms with Gasteiger partial charge in [-0.1, -0.05) is 19.1 Å². The molecule has 0 spiro atoms. The molecular weight excluding hydrogens is 349 g/mol. The second-order valence-corrected chi connectivity index (χ2v) is 4.90. The van der Waals surface area contributed by atoms with E-state index in [0.717, 1.165) is 6.54 Å². The van der Waals surface area contributed by atoms with Gasteiger partial charge in [0.2, 0.25) is 0 Å². The SMILES string of the molecule is CCN[C@H](C)CNC(=O)COc1ccccc1OCC(F)(F)F.Cl. The van der Waals surface area contributed by atoms with E-state index in [-0.39, 0.29) is 42.5 Å². The molecule has 9 heteroatoms. The van der Waals surface area contributed by atoms with E-state index >= 15 is 0 Å². The number of carbonyl (C=O) groups excluding carboxylic acids is 1. The predicted octanol–water partition coefficient (Wildman–Crippen LogP) is 2.54. The van der Waals surface area contributed by atoms with Crippen LogP contribution in [0.3, 0.4) is 0 Å². The van der Waals surface area contributed by atoms with Crippen LogP contribution in [-0.4, -0.2) is 44.4 Å². The molecule has 1 aromatic carbocycles. The van der Waals surface area contributed by atoms with E-state index in [1.165, 1.54) is 18.2 Å². The topological polar surface area (TPSA) is 59.6 Å². The third-order valence-corrected chi connectivity index (χ3v) is 2.76. The van der Waals surface area contributed by atoms with Crippen molar-refractivity contribution in [1.29, 1.82) is 0 Å². The van der Waals surface area contributed by atoms with Crippen LogP contribution in [0.1, 0.15) is 13.8 Å². The van der Waals surface area contributed by atoms with Crippen molar-refractivity contribution in [2.45, 2.75) is 26.1 Å². The molecule has 0 fully saturated rings. The maximum Gasteiger partial charge on any atom is 0.422 e. The maximum absolute atomic E-state index is 12.2. The van der Waals surface area contributed by atoms with Gasteiger partial charge in [0.1, 0.15) is 0 Å². The van der Waals surface area contributed by atoms with Gasteiger partial charge in [-0.05, 0) is 25.6 Å². The Morgan fingerprint density at radius 3 is 2.33 bits per heavy atom. The lowest BCUT2D eigenvalue weighted by Gasteiger charge is -2.15. The van der Waals surface area contributed by atoms with Gasteiger partial charge in [0.25, 0.3) is 5.91 Å². The molecule has 2 N–H and O–H groups in total. The molecule has 0 radical (unpaired) electrons. The van der Waals surface area contributed by atoms with Crippen LogP contribution in [0, 0.1) is 0 Å². The van der Waals surface area contributed by atoms with Crippen molar-refractivity contribution >= 4 is 18.3 Å². The Kier molecular flexibility index (Phi) is 10.2. The molecule has 0 aliphatic heterocycles. The van der Waals surface area contributed by atoms with Gasteiger partial charge in [-0.2, -0.15) is 13.2 Å². The van der Waals surface area contributed by atoms with Crippen molar-refractivity contribution in [3.05, 3.63) is 24.3 Å². The van der Waals surface area contributed by atoms with Gasteiger partial charge in [0.15, 0.2) is 24.7 Å². The third kappa shape index (κ3) is 9.46. The summed E-state index contributed by atoms with van der Waals surface area (Å²) >= 11 is 0. The molecule has 0 saturated carbocycles. The molecule has 24 heavy (non-hydrogen) atoms. The highest BCUT2D eigenvalue weighted by Gasteiger charge is 2.29. The number of alkyl halides is 3. The second kappa shape index (κ2) is 11.0. The molecule has 1 aromatic rings. The van der Waals surface area contributed by atoms with Gasteiger partial charge in [-0.3, -0.25) is 4.79 Å². The average Bonchev–Trinajstić information content (AvgIpc) is 2.49. The van der Waals surface area contributed by atoms with Crippen LogP contribution in [0.5, 0.6) is 11.5 Å². The summed E-state index contributed by atoms with van der Waals surface area (Å²) < 4.78 is 46.5. The number of halogens is 4. The fourth-order valence-electron chi connectivity index (χ4n) is 1.73. The number of ether oxygens (including phenoxy) is 2. The van der Waals surface area contributed by atoms with Crippen LogP contribution in [0.4, 0.5) is 13.2 Å². The van der Waals surface area contributed by atoms with Crippen LogP contribution in [0.15, 0.2) is 24.3 Å². The summed E-state index contributed by atoms with van der Waals surface area (Å²) in [6.07, 6.45) is -4.44. The second-order valence-electron chi connectivity index (χ2n) is 4.90. The van der Waals surface area contributed by atoms with E-state index in [0.29, 0.717) is 6.54 Å². The van der Waals surface area contributed by atoms with Crippen LogP contribution < -0.4 is 20.1 Å². The lowest BCUT2D eigenvalue weighted by Crippen LogP contribution is -2.40. The van der Waals surface area contributed by atoms with Crippen LogP contribution in [0.2, 0.25) is 0 Å². The van der Waals surface area contributed by atoms with Gasteiger partial charge in [-0.25, -0.2) is 0 Å². The Morgan fingerprint density at radius 2 is 1.79 bits per heavy atom. The lowest BCUT2D eigenvalue weighted by atomic mass is 10.3. The molecule has 1 amide bonds. The van der Waals surface area contributed by atoms with Crippen molar-refractivity contribution in [1.82, 2.24) is 10.6 Å². The average molecular weight is 371 g/mol. The van der Waals surface area contributed by atoms with Crippen molar-refractivity contribution in [3.63, 3.8) is 0 Å². The Balaban J connectivity index is 0.00000529. The third-order valence-electron chi connectivity index (χ3n) is 2.76. The summed E-state index contributed by atoms with van der Waals surface area (Å²) in [6.45, 7) is 3.38. The summed E-state index contributed by atoms with van der Waals surface area (Å²) in [5.74, 6) is -0.328. The quantitative estimate of drug-likeness (QED) is 0.701. The van der Waals surface area contributed by atoms with Crippen molar-refractivity contribution < 1.29 is 27.4 Å². The smallest absolute Gasteiger partial charge is 0.422 e. The Hall–Kier alpha value is -1.67. The highest BCUT2D eigenvalue weighted by atomic mass is 35.5. The van der Waals surface area contributed by atoms with E-state index in [1.807, 2.05) is 13.8 Å². The first-order valence-electron chi connectivity index (χ1n) is 7.23. The van der Waals surface area contributed by atoms with E-state index in [1.54, 1.807) is 6.07 Å². The Labute approximate surface area is 145 Å². The molecule has 138 valence electrons. The fourth-order valence-corrected chi connectivity index (χ4v) is 1.73. The van der Waals surface area contributed by atoms with E-state index in [9.17, 15) is 18.0 Å². The first-order chi connectivity index (χ1) is 10.8. The minimum Gasteiger partial charge on any atom is -0.480 e. The maximum atomic E-state index is 12.2. The number of para-hydroxylation sites is 2. The fraction of sp³-hybridized carbons (Fsp3) is 0.533. The molecule has 0 unspecified atom stereocenters. The van der Waals surface area contributed by atoms with Crippen molar-refractivity contribution in [3.8, 4) is 11.5 Å². The van der Waals surface area contributed by atoms with E-state index in [2.05, 4.69) is 15.4 Å². The lowest BCUT2D eigenvalue weighted by molar-refractivity contribution is -0.153. The zero-order valence-corrected chi connectivity index (χ0v) is 14.3. The number of rotatable bonds is 9. The number of carbonyl (C=O) groups is 1. The molecule has 0 aliphatic rings. The molecular formula is C15H22ClF3N2O3. The first kappa shape index (κ1) is 22.3. The molecule has 0 bridgehead atoms. The number of hydrogen-bond acceptors (Lipinski definition) is 4. The summed E-state index contributed by atoms with van der Waals surface area (Å²) in [5, 5.41) is 5.80. The largest absolute Gasteiger partial charge is 0.480 e. The first-order valence-corrected chi connectivity index (χ1v) is 7.23. The Morgan fingerprint density at radius 1 is 1.21 bits per heavy atom. The van der Waals surface area contributed by atoms with Crippen LogP contribution in [0.25, 0.3) is 0 Å². The summed E-state index contributed by atoms with van der Waals surface area (Å²) in [6, 6.07) is 6.02. The molecule has 1 rings (SSSR count). The molecule has 5 nitrogen and oxygen atoms in total. The van der Waals surface area contributed by atoms with E-state index < -0.39 is 12.8 Å². The Bertz CT molecular complexity index is 501. The summed E-state index contributed by atoms with van der Waals surface area (Å²) in [7, 11) is 0. The molecule has 0 aliphatic carbocycles. The summed E-state index contributed by atoms with van der Waals surface area (Å²) in [4.78, 5) is 11.7. The number of nitrogens with one attached hydrogen (secondary N) is 2. The highest BCUT2D eigenvalue weighted by Crippen LogP contribution is 2.28. The number of likely N-dealkylation sites (N-methyl/N-ethyl adjacent to an activating group) is 1. The van der Waals surface area contributed by atoms with E-state index in [4.69, 9.17) is 4.74 Å². The minimum atomic E-state index is -4.44.